The first kappa shape index (κ1) is 14.5. The van der Waals surface area contributed by atoms with Crippen molar-refractivity contribution in [3.8, 4) is 0 Å². The van der Waals surface area contributed by atoms with E-state index >= 15 is 0 Å². The van der Waals surface area contributed by atoms with Gasteiger partial charge in [0.25, 0.3) is 5.91 Å². The smallest absolute Gasteiger partial charge is 0.261 e. The fourth-order valence-electron chi connectivity index (χ4n) is 2.83. The van der Waals surface area contributed by atoms with Gasteiger partial charge in [0.05, 0.1) is 17.0 Å². The van der Waals surface area contributed by atoms with E-state index in [1.54, 1.807) is 11.3 Å². The van der Waals surface area contributed by atoms with Crippen molar-refractivity contribution in [1.29, 1.82) is 0 Å². The van der Waals surface area contributed by atoms with Crippen molar-refractivity contribution in [3.63, 3.8) is 0 Å². The number of thiophene rings is 1. The number of carbonyl (C=O) groups excluding carboxylic acids is 1. The Hall–Kier alpha value is -0.870. The highest BCUT2D eigenvalue weighted by atomic mass is 32.1. The average molecular weight is 281 g/mol. The molecule has 3 nitrogen and oxygen atoms in total. The molecular formula is C15H23NO2S. The second-order valence-electron chi connectivity index (χ2n) is 5.54. The Balaban J connectivity index is 2.09. The molecule has 0 atom stereocenters. The first-order valence-electron chi connectivity index (χ1n) is 7.13. The predicted molar refractivity (Wildman–Crippen MR) is 78.8 cm³/mol. The molecule has 1 saturated carbocycles. The van der Waals surface area contributed by atoms with Crippen LogP contribution in [0, 0.1) is 6.92 Å². The van der Waals surface area contributed by atoms with E-state index in [1.165, 1.54) is 10.4 Å². The van der Waals surface area contributed by atoms with Crippen molar-refractivity contribution in [1.82, 2.24) is 5.32 Å². The molecule has 1 aliphatic rings. The first-order chi connectivity index (χ1) is 9.10. The molecule has 0 aliphatic heterocycles. The average Bonchev–Trinajstić information content (AvgIpc) is 2.99. The zero-order valence-corrected chi connectivity index (χ0v) is 12.6. The fraction of sp³-hybridized carbons (Fsp3) is 0.667. The molecule has 0 spiro atoms. The van der Waals surface area contributed by atoms with Crippen LogP contribution in [0.15, 0.2) is 6.07 Å². The minimum absolute atomic E-state index is 0.0218. The lowest BCUT2D eigenvalue weighted by Crippen LogP contribution is -2.49. The van der Waals surface area contributed by atoms with Crippen LogP contribution in [-0.4, -0.2) is 23.2 Å². The van der Waals surface area contributed by atoms with Gasteiger partial charge in [-0.25, -0.2) is 0 Å². The Labute approximate surface area is 119 Å². The monoisotopic (exact) mass is 281 g/mol. The number of aliphatic hydroxyl groups is 1. The van der Waals surface area contributed by atoms with Gasteiger partial charge in [0, 0.05) is 4.88 Å². The molecule has 1 amide bonds. The molecular weight excluding hydrogens is 258 g/mol. The van der Waals surface area contributed by atoms with Crippen LogP contribution in [0.25, 0.3) is 0 Å². The van der Waals surface area contributed by atoms with Gasteiger partial charge in [-0.05, 0) is 37.8 Å². The van der Waals surface area contributed by atoms with Crippen LogP contribution in [0.2, 0.25) is 0 Å². The van der Waals surface area contributed by atoms with E-state index in [0.29, 0.717) is 0 Å². The van der Waals surface area contributed by atoms with E-state index < -0.39 is 0 Å². The number of nitrogens with one attached hydrogen (secondary N) is 1. The van der Waals surface area contributed by atoms with Crippen LogP contribution in [-0.2, 0) is 6.42 Å². The van der Waals surface area contributed by atoms with Gasteiger partial charge >= 0.3 is 0 Å². The van der Waals surface area contributed by atoms with E-state index in [2.05, 4.69) is 19.2 Å². The molecule has 0 radical (unpaired) electrons. The fourth-order valence-corrected chi connectivity index (χ4v) is 3.79. The van der Waals surface area contributed by atoms with E-state index in [-0.39, 0.29) is 18.1 Å². The number of aliphatic hydroxyl groups excluding tert-OH is 1. The van der Waals surface area contributed by atoms with E-state index in [9.17, 15) is 9.90 Å². The van der Waals surface area contributed by atoms with Gasteiger partial charge in [-0.15, -0.1) is 11.3 Å². The number of hydrogen-bond acceptors (Lipinski definition) is 3. The summed E-state index contributed by atoms with van der Waals surface area (Å²) in [6.45, 7) is 4.27. The minimum atomic E-state index is -0.375. The molecule has 1 heterocycles. The zero-order chi connectivity index (χ0) is 13.9. The summed E-state index contributed by atoms with van der Waals surface area (Å²) in [6, 6.07) is 2.01. The van der Waals surface area contributed by atoms with Gasteiger partial charge in [-0.3, -0.25) is 4.79 Å². The van der Waals surface area contributed by atoms with Crippen molar-refractivity contribution in [2.45, 2.75) is 57.9 Å². The number of hydrogen-bond donors (Lipinski definition) is 2. The van der Waals surface area contributed by atoms with Crippen LogP contribution < -0.4 is 5.32 Å². The van der Waals surface area contributed by atoms with E-state index in [0.717, 1.165) is 43.4 Å². The number of rotatable bonds is 5. The summed E-state index contributed by atoms with van der Waals surface area (Å²) in [5.74, 6) is -0.0218. The SMILES string of the molecule is CCCc1cc(C(=O)NC2(CO)CCCC2)sc1C. The molecule has 1 aromatic heterocycles. The number of carbonyl (C=O) groups is 1. The predicted octanol–water partition coefficient (Wildman–Crippen LogP) is 3.04. The summed E-state index contributed by atoms with van der Waals surface area (Å²) >= 11 is 1.56. The molecule has 0 saturated heterocycles. The Morgan fingerprint density at radius 1 is 1.47 bits per heavy atom. The van der Waals surface area contributed by atoms with Crippen LogP contribution in [0.4, 0.5) is 0 Å². The highest BCUT2D eigenvalue weighted by molar-refractivity contribution is 7.14. The molecule has 106 valence electrons. The Morgan fingerprint density at radius 3 is 2.74 bits per heavy atom. The molecule has 2 rings (SSSR count). The number of amides is 1. The van der Waals surface area contributed by atoms with Crippen molar-refractivity contribution in [3.05, 3.63) is 21.4 Å². The van der Waals surface area contributed by atoms with Gasteiger partial charge < -0.3 is 10.4 Å². The molecule has 4 heteroatoms. The van der Waals surface area contributed by atoms with Crippen LogP contribution >= 0.6 is 11.3 Å². The summed E-state index contributed by atoms with van der Waals surface area (Å²) in [7, 11) is 0. The summed E-state index contributed by atoms with van der Waals surface area (Å²) in [6.07, 6.45) is 6.08. The van der Waals surface area contributed by atoms with E-state index in [1.807, 2.05) is 6.07 Å². The minimum Gasteiger partial charge on any atom is -0.394 e. The van der Waals surface area contributed by atoms with Crippen LogP contribution in [0.3, 0.4) is 0 Å². The molecule has 0 aromatic carbocycles. The van der Waals surface area contributed by atoms with Crippen molar-refractivity contribution >= 4 is 17.2 Å². The Kier molecular flexibility index (Phi) is 4.63. The summed E-state index contributed by atoms with van der Waals surface area (Å²) in [5, 5.41) is 12.6. The third-order valence-electron chi connectivity index (χ3n) is 4.01. The normalized spacial score (nSPS) is 17.6. The highest BCUT2D eigenvalue weighted by Crippen LogP contribution is 2.30. The van der Waals surface area contributed by atoms with Crippen LogP contribution in [0.5, 0.6) is 0 Å². The lowest BCUT2D eigenvalue weighted by atomic mass is 9.99. The third-order valence-corrected chi connectivity index (χ3v) is 5.10. The van der Waals surface area contributed by atoms with Crippen LogP contribution in [0.1, 0.15) is 59.1 Å². The summed E-state index contributed by atoms with van der Waals surface area (Å²) in [4.78, 5) is 14.3. The molecule has 1 fully saturated rings. The lowest BCUT2D eigenvalue weighted by molar-refractivity contribution is 0.0842. The third kappa shape index (κ3) is 3.18. The van der Waals surface area contributed by atoms with Gasteiger partial charge in [-0.1, -0.05) is 26.2 Å². The molecule has 0 unspecified atom stereocenters. The Morgan fingerprint density at radius 2 is 2.16 bits per heavy atom. The maximum absolute atomic E-state index is 12.3. The number of aryl methyl sites for hydroxylation is 2. The Bertz CT molecular complexity index is 447. The first-order valence-corrected chi connectivity index (χ1v) is 7.94. The topological polar surface area (TPSA) is 49.3 Å². The van der Waals surface area contributed by atoms with Gasteiger partial charge in [0.1, 0.15) is 0 Å². The van der Waals surface area contributed by atoms with Gasteiger partial charge in [-0.2, -0.15) is 0 Å². The van der Waals surface area contributed by atoms with Crippen molar-refractivity contribution in [2.24, 2.45) is 0 Å². The lowest BCUT2D eigenvalue weighted by Gasteiger charge is -2.27. The maximum Gasteiger partial charge on any atom is 0.261 e. The molecule has 1 aromatic rings. The molecule has 19 heavy (non-hydrogen) atoms. The van der Waals surface area contributed by atoms with Gasteiger partial charge in [0.2, 0.25) is 0 Å². The molecule has 0 bridgehead atoms. The molecule has 1 aliphatic carbocycles. The summed E-state index contributed by atoms with van der Waals surface area (Å²) < 4.78 is 0. The van der Waals surface area contributed by atoms with E-state index in [4.69, 9.17) is 0 Å². The second-order valence-corrected chi connectivity index (χ2v) is 6.80. The second kappa shape index (κ2) is 6.06. The quantitative estimate of drug-likeness (QED) is 0.871. The zero-order valence-electron chi connectivity index (χ0n) is 11.8. The highest BCUT2D eigenvalue weighted by Gasteiger charge is 2.35. The molecule has 2 N–H and O–H groups in total. The standard InChI is InChI=1S/C15H23NO2S/c1-3-6-12-9-13(19-11(12)2)14(18)16-15(10-17)7-4-5-8-15/h9,17H,3-8,10H2,1-2H3,(H,16,18). The van der Waals surface area contributed by atoms with Crippen molar-refractivity contribution < 1.29 is 9.90 Å². The summed E-state index contributed by atoms with van der Waals surface area (Å²) in [5.41, 5.74) is 0.905. The largest absolute Gasteiger partial charge is 0.394 e. The maximum atomic E-state index is 12.3. The van der Waals surface area contributed by atoms with Gasteiger partial charge in [0.15, 0.2) is 0 Å². The van der Waals surface area contributed by atoms with Crippen molar-refractivity contribution in [2.75, 3.05) is 6.61 Å².